The number of rotatable bonds is 6. The van der Waals surface area contributed by atoms with Crippen LogP contribution in [0, 0.1) is 11.6 Å². The van der Waals surface area contributed by atoms with E-state index in [0.29, 0.717) is 17.7 Å². The topological polar surface area (TPSA) is 49.4 Å². The van der Waals surface area contributed by atoms with Gasteiger partial charge in [0.05, 0.1) is 0 Å². The molecule has 1 saturated carbocycles. The van der Waals surface area contributed by atoms with Gasteiger partial charge >= 0.3 is 0 Å². The summed E-state index contributed by atoms with van der Waals surface area (Å²) in [5.41, 5.74) is 1.69. The standard InChI is InChI=1S/C20H20F2N2O2/c1-13(25)23-11-14-2-4-15(5-3-14)20(26)24(18-8-9-18)12-16-6-7-17(21)10-19(16)22/h2-7,10,18H,8-9,11-12H2,1H3,(H,23,25). The van der Waals surface area contributed by atoms with E-state index in [1.165, 1.54) is 19.1 Å². The van der Waals surface area contributed by atoms with E-state index in [0.717, 1.165) is 24.5 Å². The van der Waals surface area contributed by atoms with Gasteiger partial charge in [-0.15, -0.1) is 0 Å². The fourth-order valence-electron chi connectivity index (χ4n) is 2.74. The largest absolute Gasteiger partial charge is 0.352 e. The summed E-state index contributed by atoms with van der Waals surface area (Å²) in [7, 11) is 0. The van der Waals surface area contributed by atoms with E-state index in [2.05, 4.69) is 5.32 Å². The highest BCUT2D eigenvalue weighted by molar-refractivity contribution is 5.94. The van der Waals surface area contributed by atoms with Gasteiger partial charge in [0.25, 0.3) is 5.91 Å². The first-order valence-electron chi connectivity index (χ1n) is 8.52. The molecule has 136 valence electrons. The van der Waals surface area contributed by atoms with Gasteiger partial charge < -0.3 is 10.2 Å². The Morgan fingerprint density at radius 1 is 1.12 bits per heavy atom. The van der Waals surface area contributed by atoms with Crippen LogP contribution in [0.2, 0.25) is 0 Å². The highest BCUT2D eigenvalue weighted by Crippen LogP contribution is 2.30. The van der Waals surface area contributed by atoms with E-state index in [1.54, 1.807) is 29.2 Å². The second-order valence-electron chi connectivity index (χ2n) is 6.51. The zero-order valence-electron chi connectivity index (χ0n) is 14.5. The monoisotopic (exact) mass is 358 g/mol. The lowest BCUT2D eigenvalue weighted by Gasteiger charge is -2.23. The Labute approximate surface area is 150 Å². The highest BCUT2D eigenvalue weighted by atomic mass is 19.1. The number of carbonyl (C=O) groups excluding carboxylic acids is 2. The van der Waals surface area contributed by atoms with Gasteiger partial charge in [-0.1, -0.05) is 18.2 Å². The third kappa shape index (κ3) is 4.45. The van der Waals surface area contributed by atoms with Gasteiger partial charge in [-0.3, -0.25) is 9.59 Å². The minimum atomic E-state index is -0.644. The van der Waals surface area contributed by atoms with E-state index >= 15 is 0 Å². The summed E-state index contributed by atoms with van der Waals surface area (Å²) < 4.78 is 27.0. The normalized spacial score (nSPS) is 13.3. The quantitative estimate of drug-likeness (QED) is 0.860. The summed E-state index contributed by atoms with van der Waals surface area (Å²) in [5.74, 6) is -1.58. The molecule has 0 aromatic heterocycles. The summed E-state index contributed by atoms with van der Waals surface area (Å²) in [6.45, 7) is 1.96. The van der Waals surface area contributed by atoms with E-state index in [-0.39, 0.29) is 24.4 Å². The number of nitrogens with zero attached hydrogens (tertiary/aromatic N) is 1. The maximum Gasteiger partial charge on any atom is 0.254 e. The van der Waals surface area contributed by atoms with Gasteiger partial charge in [-0.2, -0.15) is 0 Å². The van der Waals surface area contributed by atoms with Crippen molar-refractivity contribution in [1.29, 1.82) is 0 Å². The van der Waals surface area contributed by atoms with Crippen molar-refractivity contribution in [2.45, 2.75) is 38.9 Å². The van der Waals surface area contributed by atoms with Crippen molar-refractivity contribution in [3.05, 3.63) is 70.8 Å². The lowest BCUT2D eigenvalue weighted by molar-refractivity contribution is -0.119. The third-order valence-corrected chi connectivity index (χ3v) is 4.35. The number of hydrogen-bond acceptors (Lipinski definition) is 2. The van der Waals surface area contributed by atoms with E-state index < -0.39 is 11.6 Å². The fraction of sp³-hybridized carbons (Fsp3) is 0.300. The molecule has 2 aromatic rings. The smallest absolute Gasteiger partial charge is 0.254 e. The molecule has 2 amide bonds. The molecule has 0 atom stereocenters. The zero-order chi connectivity index (χ0) is 18.7. The van der Waals surface area contributed by atoms with Gasteiger partial charge in [-0.25, -0.2) is 8.78 Å². The molecule has 0 spiro atoms. The number of carbonyl (C=O) groups is 2. The second kappa shape index (κ2) is 7.64. The number of amides is 2. The molecule has 1 N–H and O–H groups in total. The third-order valence-electron chi connectivity index (χ3n) is 4.35. The molecular formula is C20H20F2N2O2. The molecule has 1 aliphatic rings. The van der Waals surface area contributed by atoms with Crippen LogP contribution in [0.5, 0.6) is 0 Å². The van der Waals surface area contributed by atoms with Crippen LogP contribution in [-0.4, -0.2) is 22.8 Å². The first-order valence-corrected chi connectivity index (χ1v) is 8.52. The van der Waals surface area contributed by atoms with Crippen LogP contribution < -0.4 is 5.32 Å². The Hall–Kier alpha value is -2.76. The van der Waals surface area contributed by atoms with Crippen molar-refractivity contribution in [2.75, 3.05) is 0 Å². The van der Waals surface area contributed by atoms with Crippen molar-refractivity contribution in [1.82, 2.24) is 10.2 Å². The van der Waals surface area contributed by atoms with Crippen LogP contribution in [0.1, 0.15) is 41.3 Å². The fourth-order valence-corrected chi connectivity index (χ4v) is 2.74. The second-order valence-corrected chi connectivity index (χ2v) is 6.51. The molecule has 0 bridgehead atoms. The van der Waals surface area contributed by atoms with Gasteiger partial charge in [-0.05, 0) is 36.6 Å². The first-order chi connectivity index (χ1) is 12.4. The number of hydrogen-bond donors (Lipinski definition) is 1. The highest BCUT2D eigenvalue weighted by Gasteiger charge is 2.33. The minimum absolute atomic E-state index is 0.0889. The molecule has 0 saturated heterocycles. The van der Waals surface area contributed by atoms with Gasteiger partial charge in [0, 0.05) is 43.2 Å². The van der Waals surface area contributed by atoms with Crippen LogP contribution in [0.15, 0.2) is 42.5 Å². The lowest BCUT2D eigenvalue weighted by Crippen LogP contribution is -2.33. The van der Waals surface area contributed by atoms with Crippen LogP contribution in [-0.2, 0) is 17.9 Å². The molecular weight excluding hydrogens is 338 g/mol. The first kappa shape index (κ1) is 18.0. The van der Waals surface area contributed by atoms with Crippen LogP contribution in [0.3, 0.4) is 0 Å². The number of benzene rings is 2. The van der Waals surface area contributed by atoms with Crippen molar-refractivity contribution < 1.29 is 18.4 Å². The Bertz CT molecular complexity index is 817. The minimum Gasteiger partial charge on any atom is -0.352 e. The Morgan fingerprint density at radius 2 is 1.81 bits per heavy atom. The van der Waals surface area contributed by atoms with Crippen molar-refractivity contribution in [3.8, 4) is 0 Å². The summed E-state index contributed by atoms with van der Waals surface area (Å²) in [6.07, 6.45) is 1.77. The molecule has 2 aromatic carbocycles. The van der Waals surface area contributed by atoms with Crippen LogP contribution in [0.4, 0.5) is 8.78 Å². The molecule has 0 unspecified atom stereocenters. The maximum atomic E-state index is 14.0. The Kier molecular flexibility index (Phi) is 5.30. The Morgan fingerprint density at radius 3 is 2.38 bits per heavy atom. The van der Waals surface area contributed by atoms with E-state index in [4.69, 9.17) is 0 Å². The van der Waals surface area contributed by atoms with Gasteiger partial charge in [0.1, 0.15) is 11.6 Å². The summed E-state index contributed by atoms with van der Waals surface area (Å²) >= 11 is 0. The number of halogens is 2. The maximum absolute atomic E-state index is 14.0. The molecule has 4 nitrogen and oxygen atoms in total. The van der Waals surface area contributed by atoms with Gasteiger partial charge in [0.2, 0.25) is 5.91 Å². The van der Waals surface area contributed by atoms with Crippen molar-refractivity contribution in [2.24, 2.45) is 0 Å². The molecule has 0 heterocycles. The average molecular weight is 358 g/mol. The van der Waals surface area contributed by atoms with Crippen LogP contribution >= 0.6 is 0 Å². The summed E-state index contributed by atoms with van der Waals surface area (Å²) in [4.78, 5) is 25.4. The van der Waals surface area contributed by atoms with Crippen LogP contribution in [0.25, 0.3) is 0 Å². The molecule has 26 heavy (non-hydrogen) atoms. The predicted octanol–water partition coefficient (Wildman–Crippen LogP) is 3.41. The molecule has 1 aliphatic carbocycles. The molecule has 6 heteroatoms. The van der Waals surface area contributed by atoms with Crippen molar-refractivity contribution >= 4 is 11.8 Å². The Balaban J connectivity index is 1.73. The SMILES string of the molecule is CC(=O)NCc1ccc(C(=O)N(Cc2ccc(F)cc2F)C2CC2)cc1. The van der Waals surface area contributed by atoms with Crippen molar-refractivity contribution in [3.63, 3.8) is 0 Å². The zero-order valence-corrected chi connectivity index (χ0v) is 14.5. The van der Waals surface area contributed by atoms with Gasteiger partial charge in [0.15, 0.2) is 0 Å². The molecule has 1 fully saturated rings. The summed E-state index contributed by atoms with van der Waals surface area (Å²) in [6, 6.07) is 10.5. The number of nitrogens with one attached hydrogen (secondary N) is 1. The molecule has 0 radical (unpaired) electrons. The lowest BCUT2D eigenvalue weighted by atomic mass is 10.1. The van der Waals surface area contributed by atoms with E-state index in [9.17, 15) is 18.4 Å². The average Bonchev–Trinajstić information content (AvgIpc) is 3.44. The van der Waals surface area contributed by atoms with E-state index in [1.807, 2.05) is 0 Å². The molecule has 0 aliphatic heterocycles. The molecule has 3 rings (SSSR count). The summed E-state index contributed by atoms with van der Waals surface area (Å²) in [5, 5.41) is 2.70. The predicted molar refractivity (Wildman–Crippen MR) is 93.2 cm³/mol.